The van der Waals surface area contributed by atoms with Crippen LogP contribution in [0.25, 0.3) is 0 Å². The van der Waals surface area contributed by atoms with E-state index in [2.05, 4.69) is 13.2 Å². The summed E-state index contributed by atoms with van der Waals surface area (Å²) < 4.78 is 17.1. The van der Waals surface area contributed by atoms with Crippen LogP contribution in [-0.2, 0) is 9.30 Å². The van der Waals surface area contributed by atoms with Crippen molar-refractivity contribution < 1.29 is 9.30 Å². The van der Waals surface area contributed by atoms with E-state index in [9.17, 15) is 4.57 Å². The molecule has 0 aliphatic carbocycles. The number of hydrogen-bond donors (Lipinski definition) is 0. The van der Waals surface area contributed by atoms with Crippen molar-refractivity contribution in [1.82, 2.24) is 0 Å². The summed E-state index contributed by atoms with van der Waals surface area (Å²) in [4.78, 5) is 0. The van der Waals surface area contributed by atoms with Crippen LogP contribution in [0.4, 0.5) is 0 Å². The first-order valence-corrected chi connectivity index (χ1v) is 6.37. The van der Waals surface area contributed by atoms with Crippen LogP contribution in [0.1, 0.15) is 0 Å². The lowest BCUT2D eigenvalue weighted by molar-refractivity contribution is 0.422. The lowest BCUT2D eigenvalue weighted by Gasteiger charge is -2.12. The van der Waals surface area contributed by atoms with Gasteiger partial charge in [0.25, 0.3) is 0 Å². The molecule has 0 aromatic rings. The lowest BCUT2D eigenvalue weighted by Crippen LogP contribution is -2.02. The fraction of sp³-hybridized carbons (Fsp3) is 0.556. The molecule has 0 spiro atoms. The van der Waals surface area contributed by atoms with Crippen LogP contribution >= 0.6 is 7.14 Å². The molecule has 1 heterocycles. The fourth-order valence-electron chi connectivity index (χ4n) is 1.24. The van der Waals surface area contributed by atoms with Crippen molar-refractivity contribution in [3.8, 4) is 0 Å². The van der Waals surface area contributed by atoms with Gasteiger partial charge in [0.1, 0.15) is 0 Å². The van der Waals surface area contributed by atoms with Gasteiger partial charge in [0.15, 0.2) is 0 Å². The molecule has 0 radical (unpaired) electrons. The summed E-state index contributed by atoms with van der Waals surface area (Å²) >= 11 is 0. The number of epoxide rings is 1. The standard InChI is InChI=1S/C9H15O2P/c1-3-5-12(10,6-4-2)8-9-7-11-9/h3-4,9H,1-2,5-8H2. The number of allylic oxidation sites excluding steroid dienone is 2. The Kier molecular flexibility index (Phi) is 3.30. The van der Waals surface area contributed by atoms with E-state index in [1.807, 2.05) is 0 Å². The third-order valence-corrected chi connectivity index (χ3v) is 4.78. The highest BCUT2D eigenvalue weighted by Gasteiger charge is 2.31. The minimum absolute atomic E-state index is 0.246. The molecule has 1 aliphatic heterocycles. The van der Waals surface area contributed by atoms with Gasteiger partial charge in [-0.15, -0.1) is 13.2 Å². The third kappa shape index (κ3) is 2.96. The zero-order chi connectivity index (χ0) is 9.03. The zero-order valence-corrected chi connectivity index (χ0v) is 8.13. The number of hydrogen-bond acceptors (Lipinski definition) is 2. The summed E-state index contributed by atoms with van der Waals surface area (Å²) in [5, 5.41) is 0. The minimum atomic E-state index is -2.07. The Morgan fingerprint density at radius 1 is 1.42 bits per heavy atom. The van der Waals surface area contributed by atoms with Crippen molar-refractivity contribution >= 4 is 7.14 Å². The van der Waals surface area contributed by atoms with Gasteiger partial charge in [-0.2, -0.15) is 0 Å². The van der Waals surface area contributed by atoms with Crippen LogP contribution < -0.4 is 0 Å². The first kappa shape index (κ1) is 9.76. The Bertz CT molecular complexity index is 205. The van der Waals surface area contributed by atoms with Crippen LogP contribution in [0, 0.1) is 0 Å². The van der Waals surface area contributed by atoms with Crippen LogP contribution in [0.5, 0.6) is 0 Å². The average molecular weight is 186 g/mol. The number of ether oxygens (including phenoxy) is 1. The zero-order valence-electron chi connectivity index (χ0n) is 7.24. The van der Waals surface area contributed by atoms with Crippen molar-refractivity contribution in [2.24, 2.45) is 0 Å². The van der Waals surface area contributed by atoms with E-state index in [0.29, 0.717) is 18.5 Å². The van der Waals surface area contributed by atoms with Crippen LogP contribution in [0.15, 0.2) is 25.3 Å². The summed E-state index contributed by atoms with van der Waals surface area (Å²) in [6.45, 7) is 7.99. The molecule has 1 saturated heterocycles. The Morgan fingerprint density at radius 3 is 2.25 bits per heavy atom. The Morgan fingerprint density at radius 2 is 1.92 bits per heavy atom. The first-order valence-electron chi connectivity index (χ1n) is 4.11. The van der Waals surface area contributed by atoms with Crippen molar-refractivity contribution in [3.63, 3.8) is 0 Å². The normalized spacial score (nSPS) is 21.8. The Hall–Kier alpha value is -0.330. The lowest BCUT2D eigenvalue weighted by atomic mass is 10.6. The van der Waals surface area contributed by atoms with Crippen molar-refractivity contribution in [2.75, 3.05) is 25.1 Å². The highest BCUT2D eigenvalue weighted by Crippen LogP contribution is 2.48. The van der Waals surface area contributed by atoms with E-state index in [-0.39, 0.29) is 6.10 Å². The number of rotatable bonds is 6. The molecule has 2 nitrogen and oxygen atoms in total. The van der Waals surface area contributed by atoms with Crippen molar-refractivity contribution in [2.45, 2.75) is 6.10 Å². The van der Waals surface area contributed by atoms with Gasteiger partial charge >= 0.3 is 0 Å². The Labute approximate surface area is 73.7 Å². The van der Waals surface area contributed by atoms with E-state index in [0.717, 1.165) is 6.61 Å². The molecule has 3 heteroatoms. The quantitative estimate of drug-likeness (QED) is 0.361. The van der Waals surface area contributed by atoms with E-state index < -0.39 is 7.14 Å². The molecule has 0 bridgehead atoms. The second kappa shape index (κ2) is 4.06. The predicted octanol–water partition coefficient (Wildman–Crippen LogP) is 2.12. The largest absolute Gasteiger partial charge is 0.373 e. The molecular formula is C9H15O2P. The van der Waals surface area contributed by atoms with E-state index >= 15 is 0 Å². The van der Waals surface area contributed by atoms with Gasteiger partial charge in [-0.05, 0) is 0 Å². The topological polar surface area (TPSA) is 29.6 Å². The van der Waals surface area contributed by atoms with Crippen LogP contribution in [0.3, 0.4) is 0 Å². The molecule has 0 saturated carbocycles. The third-order valence-electron chi connectivity index (χ3n) is 1.86. The molecule has 1 fully saturated rings. The van der Waals surface area contributed by atoms with Gasteiger partial charge < -0.3 is 9.30 Å². The summed E-state index contributed by atoms with van der Waals surface area (Å²) in [7, 11) is -2.07. The molecule has 68 valence electrons. The van der Waals surface area contributed by atoms with Gasteiger partial charge in [0.05, 0.1) is 19.9 Å². The molecule has 1 atom stereocenters. The monoisotopic (exact) mass is 186 g/mol. The summed E-state index contributed by atoms with van der Waals surface area (Å²) in [6, 6.07) is 0. The molecule has 0 N–H and O–H groups in total. The maximum absolute atomic E-state index is 12.0. The van der Waals surface area contributed by atoms with Crippen LogP contribution in [-0.4, -0.2) is 31.2 Å². The highest BCUT2D eigenvalue weighted by molar-refractivity contribution is 7.64. The van der Waals surface area contributed by atoms with Crippen LogP contribution in [0.2, 0.25) is 0 Å². The first-order chi connectivity index (χ1) is 5.70. The maximum Gasteiger partial charge on any atom is 0.0974 e. The van der Waals surface area contributed by atoms with E-state index in [4.69, 9.17) is 4.74 Å². The average Bonchev–Trinajstić information content (AvgIpc) is 2.72. The van der Waals surface area contributed by atoms with E-state index in [1.54, 1.807) is 12.2 Å². The molecule has 0 amide bonds. The second-order valence-electron chi connectivity index (χ2n) is 3.14. The maximum atomic E-state index is 12.0. The van der Waals surface area contributed by atoms with Gasteiger partial charge in [0, 0.05) is 18.5 Å². The molecule has 12 heavy (non-hydrogen) atoms. The second-order valence-corrected chi connectivity index (χ2v) is 6.35. The van der Waals surface area contributed by atoms with E-state index in [1.165, 1.54) is 0 Å². The summed E-state index contributed by atoms with van der Waals surface area (Å²) in [5.74, 6) is 0. The van der Waals surface area contributed by atoms with Gasteiger partial charge in [-0.25, -0.2) is 0 Å². The molecule has 0 aromatic carbocycles. The molecule has 0 aromatic heterocycles. The molecular weight excluding hydrogens is 171 g/mol. The SMILES string of the molecule is C=CCP(=O)(CC=C)CC1CO1. The van der Waals surface area contributed by atoms with Gasteiger partial charge in [0.2, 0.25) is 0 Å². The minimum Gasteiger partial charge on any atom is -0.373 e. The van der Waals surface area contributed by atoms with Gasteiger partial charge in [-0.1, -0.05) is 12.2 Å². The molecule has 1 rings (SSSR count). The van der Waals surface area contributed by atoms with Crippen molar-refractivity contribution in [1.29, 1.82) is 0 Å². The van der Waals surface area contributed by atoms with Crippen molar-refractivity contribution in [3.05, 3.63) is 25.3 Å². The van der Waals surface area contributed by atoms with Gasteiger partial charge in [-0.3, -0.25) is 0 Å². The summed E-state index contributed by atoms with van der Waals surface area (Å²) in [6.07, 6.45) is 5.62. The predicted molar refractivity (Wildman–Crippen MR) is 52.3 cm³/mol. The Balaban J connectivity index is 2.48. The fourth-order valence-corrected chi connectivity index (χ4v) is 3.58. The molecule has 1 unspecified atom stereocenters. The molecule has 1 aliphatic rings. The highest BCUT2D eigenvalue weighted by atomic mass is 31.2. The smallest absolute Gasteiger partial charge is 0.0974 e. The summed E-state index contributed by atoms with van der Waals surface area (Å²) in [5.41, 5.74) is 0.